The molecule has 2 rings (SSSR count). The highest BCUT2D eigenvalue weighted by Crippen LogP contribution is 2.20. The molecular formula is C11H14BrN4O2+. The minimum Gasteiger partial charge on any atom is -0.269 e. The van der Waals surface area contributed by atoms with E-state index in [-0.39, 0.29) is 11.9 Å². The van der Waals surface area contributed by atoms with Crippen molar-refractivity contribution < 1.29 is 14.2 Å². The molecule has 0 aliphatic carbocycles. The van der Waals surface area contributed by atoms with E-state index < -0.39 is 6.04 Å². The molecular weight excluding hydrogens is 300 g/mol. The first kappa shape index (κ1) is 12.9. The number of likely N-dealkylation sites (N-methyl/N-ethyl adjacent to an activating group) is 2. The smallest absolute Gasteiger partial charge is 0.269 e. The Hall–Kier alpha value is -1.50. The lowest BCUT2D eigenvalue weighted by atomic mass is 10.1. The molecule has 96 valence electrons. The van der Waals surface area contributed by atoms with Crippen molar-refractivity contribution in [2.75, 3.05) is 20.6 Å². The van der Waals surface area contributed by atoms with Gasteiger partial charge < -0.3 is 0 Å². The van der Waals surface area contributed by atoms with Crippen LogP contribution in [-0.2, 0) is 4.79 Å². The Bertz CT molecular complexity index is 523. The van der Waals surface area contributed by atoms with Crippen LogP contribution in [0.5, 0.6) is 0 Å². The van der Waals surface area contributed by atoms with E-state index in [1.165, 1.54) is 11.9 Å². The lowest BCUT2D eigenvalue weighted by Gasteiger charge is -2.30. The van der Waals surface area contributed by atoms with Crippen molar-refractivity contribution in [1.82, 2.24) is 9.80 Å². The summed E-state index contributed by atoms with van der Waals surface area (Å²) in [5, 5.41) is 0. The number of amides is 3. The van der Waals surface area contributed by atoms with Gasteiger partial charge in [0.05, 0.1) is 15.9 Å². The Morgan fingerprint density at radius 3 is 2.61 bits per heavy atom. The lowest BCUT2D eigenvalue weighted by Crippen LogP contribution is -2.61. The summed E-state index contributed by atoms with van der Waals surface area (Å²) in [6.07, 6.45) is 0. The lowest BCUT2D eigenvalue weighted by molar-refractivity contribution is -0.524. The Kier molecular flexibility index (Phi) is 3.10. The standard InChI is InChI=1S/C11H14BrN4O2/c1-6(2)5-16-7-8(13-10(16)12)14(3)11(18)15(4)9(7)17/h7H,1,5H2,2-4H3/q+1. The van der Waals surface area contributed by atoms with Gasteiger partial charge in [0.25, 0.3) is 17.8 Å². The summed E-state index contributed by atoms with van der Waals surface area (Å²) in [6, 6.07) is -0.920. The maximum atomic E-state index is 12.2. The number of urea groups is 1. The first-order chi connectivity index (χ1) is 8.34. The first-order valence-electron chi connectivity index (χ1n) is 5.42. The summed E-state index contributed by atoms with van der Waals surface area (Å²) >= 11 is 3.32. The van der Waals surface area contributed by atoms with Gasteiger partial charge in [-0.05, 0) is 17.5 Å². The fraction of sp³-hybridized carbons (Fsp3) is 0.455. The highest BCUT2D eigenvalue weighted by Gasteiger charge is 2.52. The number of rotatable bonds is 2. The second-order valence-electron chi connectivity index (χ2n) is 4.47. The van der Waals surface area contributed by atoms with Gasteiger partial charge in [0.2, 0.25) is 0 Å². The van der Waals surface area contributed by atoms with Crippen LogP contribution in [0.1, 0.15) is 6.92 Å². The van der Waals surface area contributed by atoms with Gasteiger partial charge in [0, 0.05) is 14.1 Å². The van der Waals surface area contributed by atoms with Crippen LogP contribution in [0.15, 0.2) is 17.1 Å². The predicted molar refractivity (Wildman–Crippen MR) is 71.0 cm³/mol. The number of nitrogens with zero attached hydrogens (tertiary/aromatic N) is 4. The monoisotopic (exact) mass is 313 g/mol. The van der Waals surface area contributed by atoms with Gasteiger partial charge in [0.15, 0.2) is 0 Å². The number of amidine groups is 2. The molecule has 3 amide bonds. The molecule has 0 spiro atoms. The van der Waals surface area contributed by atoms with E-state index in [9.17, 15) is 9.59 Å². The van der Waals surface area contributed by atoms with Gasteiger partial charge in [0.1, 0.15) is 6.54 Å². The fourth-order valence-corrected chi connectivity index (χ4v) is 2.53. The van der Waals surface area contributed by atoms with E-state index in [1.54, 1.807) is 11.6 Å². The molecule has 0 N–H and O–H groups in total. The van der Waals surface area contributed by atoms with Crippen LogP contribution < -0.4 is 0 Å². The normalized spacial score (nSPS) is 23.6. The van der Waals surface area contributed by atoms with E-state index in [2.05, 4.69) is 27.5 Å². The maximum Gasteiger partial charge on any atom is 0.365 e. The summed E-state index contributed by atoms with van der Waals surface area (Å²) in [6.45, 7) is 6.23. The highest BCUT2D eigenvalue weighted by atomic mass is 79.9. The summed E-state index contributed by atoms with van der Waals surface area (Å²) in [4.78, 5) is 30.8. The molecule has 0 bridgehead atoms. The third-order valence-corrected chi connectivity index (χ3v) is 3.56. The van der Waals surface area contributed by atoms with Crippen LogP contribution in [0.3, 0.4) is 0 Å². The minimum atomic E-state index is -0.552. The van der Waals surface area contributed by atoms with Crippen molar-refractivity contribution in [1.29, 1.82) is 0 Å². The quantitative estimate of drug-likeness (QED) is 0.426. The van der Waals surface area contributed by atoms with Crippen molar-refractivity contribution >= 4 is 38.4 Å². The van der Waals surface area contributed by atoms with Gasteiger partial charge in [-0.15, -0.1) is 0 Å². The third-order valence-electron chi connectivity index (χ3n) is 2.92. The topological polar surface area (TPSA) is 56.0 Å². The van der Waals surface area contributed by atoms with Crippen LogP contribution in [0.25, 0.3) is 0 Å². The zero-order valence-electron chi connectivity index (χ0n) is 10.5. The average molecular weight is 314 g/mol. The van der Waals surface area contributed by atoms with Gasteiger partial charge in [-0.3, -0.25) is 14.6 Å². The summed E-state index contributed by atoms with van der Waals surface area (Å²) < 4.78 is 2.34. The maximum absolute atomic E-state index is 12.2. The number of carbonyl (C=O) groups excluding carboxylic acids is 2. The molecule has 1 fully saturated rings. The third kappa shape index (κ3) is 1.78. The van der Waals surface area contributed by atoms with E-state index >= 15 is 0 Å². The fourth-order valence-electron chi connectivity index (χ4n) is 2.02. The van der Waals surface area contributed by atoms with Crippen molar-refractivity contribution in [3.63, 3.8) is 0 Å². The number of hydrogen-bond donors (Lipinski definition) is 0. The first-order valence-corrected chi connectivity index (χ1v) is 6.21. The SMILES string of the molecule is C=C(C)C[N+]1=C(Br)N=C2C1C(=O)N(C)C(=O)N2C. The number of imide groups is 1. The predicted octanol–water partition coefficient (Wildman–Crippen LogP) is 0.630. The van der Waals surface area contributed by atoms with Crippen molar-refractivity contribution in [2.45, 2.75) is 13.0 Å². The largest absolute Gasteiger partial charge is 0.365 e. The molecule has 18 heavy (non-hydrogen) atoms. The number of aliphatic imine (C=N–C) groups is 1. The Labute approximate surface area is 113 Å². The van der Waals surface area contributed by atoms with E-state index in [1.807, 2.05) is 6.92 Å². The molecule has 0 aromatic heterocycles. The van der Waals surface area contributed by atoms with Crippen LogP contribution in [0, 0.1) is 0 Å². The Balaban J connectivity index is 2.43. The summed E-state index contributed by atoms with van der Waals surface area (Å²) in [7, 11) is 3.09. The van der Waals surface area contributed by atoms with Gasteiger partial charge in [-0.1, -0.05) is 6.58 Å². The van der Waals surface area contributed by atoms with Crippen LogP contribution in [0.2, 0.25) is 0 Å². The zero-order valence-corrected chi connectivity index (χ0v) is 12.1. The van der Waals surface area contributed by atoms with Gasteiger partial charge in [-0.25, -0.2) is 9.37 Å². The zero-order chi connectivity index (χ0) is 13.6. The van der Waals surface area contributed by atoms with Crippen LogP contribution in [-0.4, -0.2) is 63.6 Å². The van der Waals surface area contributed by atoms with Crippen molar-refractivity contribution in [2.24, 2.45) is 4.99 Å². The minimum absolute atomic E-state index is 0.271. The molecule has 2 heterocycles. The molecule has 1 atom stereocenters. The van der Waals surface area contributed by atoms with Crippen molar-refractivity contribution in [3.8, 4) is 0 Å². The Morgan fingerprint density at radius 2 is 2.06 bits per heavy atom. The number of halogens is 1. The van der Waals surface area contributed by atoms with Crippen molar-refractivity contribution in [3.05, 3.63) is 12.2 Å². The number of fused-ring (bicyclic) bond motifs is 1. The summed E-state index contributed by atoms with van der Waals surface area (Å²) in [5.74, 6) is 0.184. The Morgan fingerprint density at radius 1 is 1.44 bits per heavy atom. The second-order valence-corrected chi connectivity index (χ2v) is 5.17. The second kappa shape index (κ2) is 4.31. The molecule has 0 saturated carbocycles. The molecule has 1 unspecified atom stereocenters. The molecule has 2 aliphatic heterocycles. The number of carbonyl (C=O) groups is 2. The molecule has 7 heteroatoms. The van der Waals surface area contributed by atoms with E-state index in [0.29, 0.717) is 17.1 Å². The molecule has 2 aliphatic rings. The van der Waals surface area contributed by atoms with Gasteiger partial charge in [-0.2, -0.15) is 0 Å². The molecule has 0 aromatic carbocycles. The van der Waals surface area contributed by atoms with Gasteiger partial charge >= 0.3 is 10.8 Å². The molecule has 0 radical (unpaired) electrons. The number of hydrogen-bond acceptors (Lipinski definition) is 3. The van der Waals surface area contributed by atoms with E-state index in [4.69, 9.17) is 0 Å². The highest BCUT2D eigenvalue weighted by molar-refractivity contribution is 9.18. The molecule has 6 nitrogen and oxygen atoms in total. The summed E-state index contributed by atoms with van der Waals surface area (Å²) in [5.41, 5.74) is 0.915. The molecule has 0 aromatic rings. The van der Waals surface area contributed by atoms with Crippen LogP contribution >= 0.6 is 15.9 Å². The van der Waals surface area contributed by atoms with Crippen LogP contribution in [0.4, 0.5) is 4.79 Å². The average Bonchev–Trinajstić information content (AvgIpc) is 2.61. The van der Waals surface area contributed by atoms with E-state index in [0.717, 1.165) is 10.5 Å². The molecule has 1 saturated heterocycles.